The van der Waals surface area contributed by atoms with E-state index in [2.05, 4.69) is 18.2 Å². The number of ether oxygens (including phenoxy) is 1. The lowest BCUT2D eigenvalue weighted by Gasteiger charge is -2.09. The minimum absolute atomic E-state index is 0.261. The maximum atomic E-state index is 8.84. The summed E-state index contributed by atoms with van der Waals surface area (Å²) in [5.41, 5.74) is 1.34. The molecule has 78 valence electrons. The van der Waals surface area contributed by atoms with Crippen molar-refractivity contribution >= 4 is 0 Å². The monoisotopic (exact) mass is 201 g/mol. The predicted octanol–water partition coefficient (Wildman–Crippen LogP) is 3.10. The van der Waals surface area contributed by atoms with Gasteiger partial charge in [-0.25, -0.2) is 0 Å². The highest BCUT2D eigenvalue weighted by molar-refractivity contribution is 5.30. The standard InChI is InChI=1S/C13H15NO/c1-15-13-6-4-11(5-7-13)12-3-2-10(8-12)9-14/h4-7,10,12H,2-3,8H2,1H3/t10-,12-/m1/s1. The highest BCUT2D eigenvalue weighted by Gasteiger charge is 2.25. The highest BCUT2D eigenvalue weighted by Crippen LogP contribution is 2.38. The van der Waals surface area contributed by atoms with E-state index in [4.69, 9.17) is 10.00 Å². The van der Waals surface area contributed by atoms with Crippen LogP contribution in [-0.2, 0) is 0 Å². The van der Waals surface area contributed by atoms with Crippen LogP contribution in [0.25, 0.3) is 0 Å². The summed E-state index contributed by atoms with van der Waals surface area (Å²) < 4.78 is 5.12. The van der Waals surface area contributed by atoms with Crippen LogP contribution in [0.5, 0.6) is 5.75 Å². The van der Waals surface area contributed by atoms with Gasteiger partial charge in [-0.3, -0.25) is 0 Å². The van der Waals surface area contributed by atoms with Crippen LogP contribution in [0.4, 0.5) is 0 Å². The van der Waals surface area contributed by atoms with Gasteiger partial charge in [0.15, 0.2) is 0 Å². The predicted molar refractivity (Wildman–Crippen MR) is 58.7 cm³/mol. The Morgan fingerprint density at radius 2 is 2.00 bits per heavy atom. The summed E-state index contributed by atoms with van der Waals surface area (Å²) in [6.45, 7) is 0. The second kappa shape index (κ2) is 4.35. The molecule has 0 heterocycles. The molecule has 2 rings (SSSR count). The maximum absolute atomic E-state index is 8.84. The Kier molecular flexibility index (Phi) is 2.91. The quantitative estimate of drug-likeness (QED) is 0.736. The van der Waals surface area contributed by atoms with Gasteiger partial charge in [0.25, 0.3) is 0 Å². The third-order valence-corrected chi connectivity index (χ3v) is 3.20. The first kappa shape index (κ1) is 10.0. The van der Waals surface area contributed by atoms with Gasteiger partial charge < -0.3 is 4.74 Å². The van der Waals surface area contributed by atoms with Crippen molar-refractivity contribution in [1.29, 1.82) is 5.26 Å². The third kappa shape index (κ3) is 2.12. The Balaban J connectivity index is 2.08. The van der Waals surface area contributed by atoms with Gasteiger partial charge in [0, 0.05) is 5.92 Å². The van der Waals surface area contributed by atoms with Gasteiger partial charge in [-0.05, 0) is 42.9 Å². The average molecular weight is 201 g/mol. The number of nitriles is 1. The molecule has 1 aromatic rings. The zero-order chi connectivity index (χ0) is 10.7. The van der Waals surface area contributed by atoms with Gasteiger partial charge in [0.2, 0.25) is 0 Å². The van der Waals surface area contributed by atoms with E-state index < -0.39 is 0 Å². The number of methoxy groups -OCH3 is 1. The van der Waals surface area contributed by atoms with E-state index in [-0.39, 0.29) is 5.92 Å². The lowest BCUT2D eigenvalue weighted by atomic mass is 9.96. The lowest BCUT2D eigenvalue weighted by molar-refractivity contribution is 0.414. The molecule has 0 saturated heterocycles. The first-order valence-electron chi connectivity index (χ1n) is 5.37. The number of hydrogen-bond acceptors (Lipinski definition) is 2. The van der Waals surface area contributed by atoms with E-state index in [1.807, 2.05) is 12.1 Å². The van der Waals surface area contributed by atoms with Gasteiger partial charge in [0.1, 0.15) is 5.75 Å². The molecule has 1 aliphatic carbocycles. The first-order chi connectivity index (χ1) is 7.33. The molecule has 1 saturated carbocycles. The molecule has 1 fully saturated rings. The van der Waals surface area contributed by atoms with E-state index in [0.717, 1.165) is 25.0 Å². The van der Waals surface area contributed by atoms with Crippen LogP contribution in [0, 0.1) is 17.2 Å². The molecule has 0 spiro atoms. The average Bonchev–Trinajstić information content (AvgIpc) is 2.78. The Morgan fingerprint density at radius 3 is 2.53 bits per heavy atom. The van der Waals surface area contributed by atoms with Crippen LogP contribution in [0.2, 0.25) is 0 Å². The van der Waals surface area contributed by atoms with Crippen LogP contribution < -0.4 is 4.74 Å². The molecule has 0 aromatic heterocycles. The van der Waals surface area contributed by atoms with Crippen molar-refractivity contribution in [3.63, 3.8) is 0 Å². The van der Waals surface area contributed by atoms with E-state index in [0.29, 0.717) is 5.92 Å². The molecule has 0 amide bonds. The van der Waals surface area contributed by atoms with Crippen LogP contribution >= 0.6 is 0 Å². The van der Waals surface area contributed by atoms with Gasteiger partial charge >= 0.3 is 0 Å². The van der Waals surface area contributed by atoms with E-state index in [1.54, 1.807) is 7.11 Å². The molecule has 0 radical (unpaired) electrons. The van der Waals surface area contributed by atoms with Crippen molar-refractivity contribution in [2.45, 2.75) is 25.2 Å². The highest BCUT2D eigenvalue weighted by atomic mass is 16.5. The fourth-order valence-corrected chi connectivity index (χ4v) is 2.28. The number of rotatable bonds is 2. The molecule has 2 atom stereocenters. The topological polar surface area (TPSA) is 33.0 Å². The summed E-state index contributed by atoms with van der Waals surface area (Å²) in [5.74, 6) is 1.73. The molecule has 15 heavy (non-hydrogen) atoms. The zero-order valence-corrected chi connectivity index (χ0v) is 8.94. The van der Waals surface area contributed by atoms with Crippen molar-refractivity contribution < 1.29 is 4.74 Å². The van der Waals surface area contributed by atoms with Gasteiger partial charge in [0.05, 0.1) is 13.2 Å². The van der Waals surface area contributed by atoms with Crippen molar-refractivity contribution in [3.05, 3.63) is 29.8 Å². The summed E-state index contributed by atoms with van der Waals surface area (Å²) >= 11 is 0. The molecule has 2 nitrogen and oxygen atoms in total. The third-order valence-electron chi connectivity index (χ3n) is 3.20. The molecule has 0 aliphatic heterocycles. The Labute approximate surface area is 90.5 Å². The summed E-state index contributed by atoms with van der Waals surface area (Å²) in [4.78, 5) is 0. The first-order valence-corrected chi connectivity index (χ1v) is 5.37. The maximum Gasteiger partial charge on any atom is 0.118 e. The Morgan fingerprint density at radius 1 is 1.27 bits per heavy atom. The fraction of sp³-hybridized carbons (Fsp3) is 0.462. The molecular weight excluding hydrogens is 186 g/mol. The van der Waals surface area contributed by atoms with Crippen LogP contribution in [0.15, 0.2) is 24.3 Å². The summed E-state index contributed by atoms with van der Waals surface area (Å²) in [5, 5.41) is 8.84. The van der Waals surface area contributed by atoms with Crippen molar-refractivity contribution in [2.24, 2.45) is 5.92 Å². The van der Waals surface area contributed by atoms with Crippen LogP contribution in [-0.4, -0.2) is 7.11 Å². The zero-order valence-electron chi connectivity index (χ0n) is 8.94. The normalized spacial score (nSPS) is 24.8. The number of benzene rings is 1. The molecule has 1 aliphatic rings. The molecule has 0 N–H and O–H groups in total. The van der Waals surface area contributed by atoms with Gasteiger partial charge in [-0.15, -0.1) is 0 Å². The largest absolute Gasteiger partial charge is 0.497 e. The van der Waals surface area contributed by atoms with E-state index in [1.165, 1.54) is 5.56 Å². The number of hydrogen-bond donors (Lipinski definition) is 0. The molecule has 1 aromatic carbocycles. The molecule has 2 heteroatoms. The van der Waals surface area contributed by atoms with Crippen LogP contribution in [0.3, 0.4) is 0 Å². The van der Waals surface area contributed by atoms with Crippen molar-refractivity contribution in [1.82, 2.24) is 0 Å². The second-order valence-electron chi connectivity index (χ2n) is 4.11. The summed E-state index contributed by atoms with van der Waals surface area (Å²) in [6, 6.07) is 10.6. The lowest BCUT2D eigenvalue weighted by Crippen LogP contribution is -1.94. The molecule has 0 bridgehead atoms. The summed E-state index contributed by atoms with van der Waals surface area (Å²) in [7, 11) is 1.68. The number of nitrogens with zero attached hydrogens (tertiary/aromatic N) is 1. The Bertz CT molecular complexity index is 363. The van der Waals surface area contributed by atoms with Crippen molar-refractivity contribution in [2.75, 3.05) is 7.11 Å². The SMILES string of the molecule is COc1ccc([C@@H]2CC[C@@H](C#N)C2)cc1. The minimum atomic E-state index is 0.261. The Hall–Kier alpha value is -1.49. The van der Waals surface area contributed by atoms with Gasteiger partial charge in [-0.1, -0.05) is 12.1 Å². The minimum Gasteiger partial charge on any atom is -0.497 e. The second-order valence-corrected chi connectivity index (χ2v) is 4.11. The van der Waals surface area contributed by atoms with E-state index in [9.17, 15) is 0 Å². The van der Waals surface area contributed by atoms with Gasteiger partial charge in [-0.2, -0.15) is 5.26 Å². The smallest absolute Gasteiger partial charge is 0.118 e. The summed E-state index contributed by atoms with van der Waals surface area (Å²) in [6.07, 6.45) is 3.21. The molecule has 0 unspecified atom stereocenters. The fourth-order valence-electron chi connectivity index (χ4n) is 2.28. The van der Waals surface area contributed by atoms with Crippen molar-refractivity contribution in [3.8, 4) is 11.8 Å². The molecular formula is C13H15NO. The van der Waals surface area contributed by atoms with E-state index >= 15 is 0 Å². The van der Waals surface area contributed by atoms with Crippen LogP contribution in [0.1, 0.15) is 30.7 Å².